The van der Waals surface area contributed by atoms with Crippen LogP contribution < -0.4 is 0 Å². The molecule has 3 rings (SSSR count). The number of fused-ring (bicyclic) bond motifs is 1. The molecule has 0 aromatic rings. The van der Waals surface area contributed by atoms with Crippen LogP contribution in [0.2, 0.25) is 0 Å². The first-order chi connectivity index (χ1) is 9.79. The number of amidine groups is 1. The molecule has 0 aromatic heterocycles. The number of nitrogens with zero attached hydrogens (tertiary/aromatic N) is 2. The van der Waals surface area contributed by atoms with Crippen LogP contribution in [0, 0.1) is 5.92 Å². The van der Waals surface area contributed by atoms with Gasteiger partial charge in [-0.05, 0) is 6.42 Å². The number of hydrogen-bond acceptors (Lipinski definition) is 6. The number of ether oxygens (including phenoxy) is 1. The lowest BCUT2D eigenvalue weighted by molar-refractivity contribution is -0.244. The van der Waals surface area contributed by atoms with Crippen molar-refractivity contribution >= 4 is 16.9 Å². The maximum Gasteiger partial charge on any atom is 0.394 e. The number of rotatable bonds is 1. The van der Waals surface area contributed by atoms with Crippen molar-refractivity contribution in [3.8, 4) is 0 Å². The van der Waals surface area contributed by atoms with E-state index in [-0.39, 0.29) is 0 Å². The predicted octanol–water partition coefficient (Wildman–Crippen LogP) is 0.809. The van der Waals surface area contributed by atoms with Crippen LogP contribution in [0.5, 0.6) is 0 Å². The van der Waals surface area contributed by atoms with Gasteiger partial charge in [-0.3, -0.25) is 4.99 Å². The van der Waals surface area contributed by atoms with Crippen molar-refractivity contribution < 1.29 is 28.1 Å². The van der Waals surface area contributed by atoms with Gasteiger partial charge < -0.3 is 19.8 Å². The summed E-state index contributed by atoms with van der Waals surface area (Å²) in [6.07, 6.45) is -7.84. The number of hydrogen-bond donors (Lipinski definition) is 2. The van der Waals surface area contributed by atoms with Crippen molar-refractivity contribution in [3.05, 3.63) is 0 Å². The average molecular weight is 326 g/mol. The van der Waals surface area contributed by atoms with Gasteiger partial charge in [0.25, 0.3) is 0 Å². The molecule has 0 aromatic carbocycles. The maximum absolute atomic E-state index is 12.8. The molecule has 2 fully saturated rings. The molecule has 5 nitrogen and oxygen atoms in total. The van der Waals surface area contributed by atoms with Crippen molar-refractivity contribution in [1.29, 1.82) is 0 Å². The predicted molar refractivity (Wildman–Crippen MR) is 70.9 cm³/mol. The van der Waals surface area contributed by atoms with E-state index in [0.29, 0.717) is 5.17 Å². The molecule has 0 radical (unpaired) electrons. The summed E-state index contributed by atoms with van der Waals surface area (Å²) in [6, 6.07) is -0.711. The highest BCUT2D eigenvalue weighted by atomic mass is 32.2. The normalized spacial score (nSPS) is 41.3. The van der Waals surface area contributed by atoms with E-state index >= 15 is 0 Å². The minimum Gasteiger partial charge on any atom is -0.388 e. The Kier molecular flexibility index (Phi) is 3.88. The fourth-order valence-corrected chi connectivity index (χ4v) is 3.90. The zero-order chi connectivity index (χ0) is 15.4. The van der Waals surface area contributed by atoms with Gasteiger partial charge in [-0.2, -0.15) is 13.2 Å². The maximum atomic E-state index is 12.8. The monoisotopic (exact) mass is 326 g/mol. The SMILES string of the molecule is C[C@@H](C1OC2SC(N3CCC3)=N[C@@H]2[C@@H](O)[C@@H]1O)C(F)(F)F. The molecule has 3 aliphatic rings. The van der Waals surface area contributed by atoms with Crippen LogP contribution in [0.4, 0.5) is 13.2 Å². The third-order valence-corrected chi connectivity index (χ3v) is 5.42. The van der Waals surface area contributed by atoms with Gasteiger partial charge in [-0.1, -0.05) is 18.7 Å². The first-order valence-electron chi connectivity index (χ1n) is 6.87. The standard InChI is InChI=1S/C12H17F3N2O3S/c1-5(12(13,14)15)9-8(19)7(18)6-10(20-9)21-11(16-6)17-3-2-4-17/h5-10,18-19H,2-4H2,1H3/t5-,6+,7+,8-,9?,10?/m0/s1. The van der Waals surface area contributed by atoms with Crippen LogP contribution in [-0.4, -0.2) is 69.3 Å². The van der Waals surface area contributed by atoms with Gasteiger partial charge in [0.1, 0.15) is 23.7 Å². The van der Waals surface area contributed by atoms with Crippen LogP contribution in [0.3, 0.4) is 0 Å². The van der Waals surface area contributed by atoms with E-state index in [1.165, 1.54) is 11.8 Å². The lowest BCUT2D eigenvalue weighted by Crippen LogP contribution is -2.58. The molecule has 0 bridgehead atoms. The molecule has 21 heavy (non-hydrogen) atoms. The molecule has 2 N–H and O–H groups in total. The fourth-order valence-electron chi connectivity index (χ4n) is 2.63. The number of aliphatic imine (C=N–C) groups is 1. The number of aliphatic hydroxyl groups is 2. The van der Waals surface area contributed by atoms with Crippen LogP contribution in [-0.2, 0) is 4.74 Å². The minimum absolute atomic E-state index is 0.672. The second-order valence-corrected chi connectivity index (χ2v) is 6.71. The fraction of sp³-hybridized carbons (Fsp3) is 0.917. The summed E-state index contributed by atoms with van der Waals surface area (Å²) < 4.78 is 43.9. The van der Waals surface area contributed by atoms with Gasteiger partial charge >= 0.3 is 6.18 Å². The van der Waals surface area contributed by atoms with E-state index in [1.807, 2.05) is 4.90 Å². The lowest BCUT2D eigenvalue weighted by Gasteiger charge is -2.41. The second-order valence-electron chi connectivity index (χ2n) is 5.64. The molecule has 0 spiro atoms. The molecule has 3 aliphatic heterocycles. The summed E-state index contributed by atoms with van der Waals surface area (Å²) >= 11 is 1.23. The van der Waals surface area contributed by atoms with Crippen LogP contribution in [0.15, 0.2) is 4.99 Å². The zero-order valence-electron chi connectivity index (χ0n) is 11.3. The highest BCUT2D eigenvalue weighted by molar-refractivity contribution is 8.14. The highest BCUT2D eigenvalue weighted by Gasteiger charge is 2.55. The smallest absolute Gasteiger partial charge is 0.388 e. The van der Waals surface area contributed by atoms with E-state index < -0.39 is 41.9 Å². The van der Waals surface area contributed by atoms with Crippen LogP contribution in [0.1, 0.15) is 13.3 Å². The molecule has 3 heterocycles. The summed E-state index contributed by atoms with van der Waals surface area (Å²) in [5.41, 5.74) is -0.672. The summed E-state index contributed by atoms with van der Waals surface area (Å²) in [6.45, 7) is 2.66. The number of thioether (sulfide) groups is 1. The van der Waals surface area contributed by atoms with E-state index in [4.69, 9.17) is 4.74 Å². The Bertz CT molecular complexity index is 444. The Labute approximate surface area is 124 Å². The topological polar surface area (TPSA) is 65.3 Å². The molecule has 2 unspecified atom stereocenters. The largest absolute Gasteiger partial charge is 0.394 e. The Balaban J connectivity index is 1.74. The minimum atomic E-state index is -4.48. The van der Waals surface area contributed by atoms with Crippen molar-refractivity contribution in [2.45, 2.75) is 49.3 Å². The summed E-state index contributed by atoms with van der Waals surface area (Å²) in [5.74, 6) is -1.85. The summed E-state index contributed by atoms with van der Waals surface area (Å²) in [4.78, 5) is 6.30. The van der Waals surface area contributed by atoms with Gasteiger partial charge in [0.15, 0.2) is 5.17 Å². The Morgan fingerprint density at radius 1 is 1.33 bits per heavy atom. The van der Waals surface area contributed by atoms with Crippen molar-refractivity contribution in [3.63, 3.8) is 0 Å². The number of halogens is 3. The van der Waals surface area contributed by atoms with Crippen LogP contribution in [0.25, 0.3) is 0 Å². The summed E-state index contributed by atoms with van der Waals surface area (Å²) in [5, 5.41) is 20.7. The van der Waals surface area contributed by atoms with Crippen molar-refractivity contribution in [2.75, 3.05) is 13.1 Å². The Morgan fingerprint density at radius 2 is 2.00 bits per heavy atom. The number of alkyl halides is 3. The molecular formula is C12H17F3N2O3S. The first kappa shape index (κ1) is 15.4. The highest BCUT2D eigenvalue weighted by Crippen LogP contribution is 2.42. The first-order valence-corrected chi connectivity index (χ1v) is 7.74. The van der Waals surface area contributed by atoms with E-state index in [1.54, 1.807) is 0 Å². The van der Waals surface area contributed by atoms with Gasteiger partial charge in [0.05, 0.1) is 12.0 Å². The molecular weight excluding hydrogens is 309 g/mol. The van der Waals surface area contributed by atoms with Crippen molar-refractivity contribution in [2.24, 2.45) is 10.9 Å². The third-order valence-electron chi connectivity index (χ3n) is 4.22. The molecule has 0 saturated carbocycles. The Morgan fingerprint density at radius 3 is 2.52 bits per heavy atom. The number of likely N-dealkylation sites (tertiary alicyclic amines) is 1. The average Bonchev–Trinajstić information content (AvgIpc) is 2.73. The lowest BCUT2D eigenvalue weighted by atomic mass is 9.90. The Hall–Kier alpha value is -0.510. The van der Waals surface area contributed by atoms with Crippen molar-refractivity contribution in [1.82, 2.24) is 4.90 Å². The van der Waals surface area contributed by atoms with Gasteiger partial charge in [-0.15, -0.1) is 0 Å². The van der Waals surface area contributed by atoms with Gasteiger partial charge in [0, 0.05) is 13.1 Å². The molecule has 0 amide bonds. The summed E-state index contributed by atoms with van der Waals surface area (Å²) in [7, 11) is 0. The van der Waals surface area contributed by atoms with E-state index in [0.717, 1.165) is 26.4 Å². The van der Waals surface area contributed by atoms with E-state index in [2.05, 4.69) is 4.99 Å². The number of aliphatic hydroxyl groups excluding tert-OH is 2. The van der Waals surface area contributed by atoms with Gasteiger partial charge in [0.2, 0.25) is 0 Å². The molecule has 120 valence electrons. The second kappa shape index (κ2) is 5.29. The van der Waals surface area contributed by atoms with Gasteiger partial charge in [-0.25, -0.2) is 0 Å². The molecule has 9 heteroatoms. The van der Waals surface area contributed by atoms with E-state index in [9.17, 15) is 23.4 Å². The quantitative estimate of drug-likeness (QED) is 0.746. The van der Waals surface area contributed by atoms with Crippen LogP contribution >= 0.6 is 11.8 Å². The molecule has 0 aliphatic carbocycles. The zero-order valence-corrected chi connectivity index (χ0v) is 12.1. The molecule has 2 saturated heterocycles. The molecule has 6 atom stereocenters. The third kappa shape index (κ3) is 2.64.